The fourth-order valence-corrected chi connectivity index (χ4v) is 2.98. The maximum Gasteiger partial charge on any atom is 0.245 e. The summed E-state index contributed by atoms with van der Waals surface area (Å²) in [5, 5.41) is 11.8. The first-order valence-electron chi connectivity index (χ1n) is 9.10. The van der Waals surface area contributed by atoms with Crippen LogP contribution in [0.1, 0.15) is 58.8 Å². The molecule has 1 unspecified atom stereocenters. The number of aromatic nitrogens is 3. The van der Waals surface area contributed by atoms with Crippen LogP contribution in [-0.4, -0.2) is 40.7 Å². The van der Waals surface area contributed by atoms with E-state index in [-0.39, 0.29) is 11.3 Å². The second-order valence-corrected chi connectivity index (χ2v) is 7.63. The third-order valence-corrected chi connectivity index (χ3v) is 4.53. The smallest absolute Gasteiger partial charge is 0.245 e. The Hall–Kier alpha value is -1.72. The van der Waals surface area contributed by atoms with E-state index >= 15 is 0 Å². The molecule has 1 aliphatic heterocycles. The highest BCUT2D eigenvalue weighted by Crippen LogP contribution is 2.21. The van der Waals surface area contributed by atoms with Crippen LogP contribution in [0.2, 0.25) is 0 Å². The van der Waals surface area contributed by atoms with Crippen molar-refractivity contribution in [2.45, 2.75) is 60.3 Å². The average molecular weight is 333 g/mol. The molecule has 6 nitrogen and oxygen atoms in total. The second-order valence-electron chi connectivity index (χ2n) is 7.63. The van der Waals surface area contributed by atoms with Gasteiger partial charge in [0.25, 0.3) is 0 Å². The number of piperidine rings is 1. The number of amides is 1. The van der Waals surface area contributed by atoms with E-state index in [1.165, 1.54) is 0 Å². The summed E-state index contributed by atoms with van der Waals surface area (Å²) >= 11 is 0. The van der Waals surface area contributed by atoms with Crippen LogP contribution in [0, 0.1) is 11.3 Å². The number of anilines is 1. The zero-order chi connectivity index (χ0) is 17.7. The molecule has 0 bridgehead atoms. The second kappa shape index (κ2) is 7.90. The van der Waals surface area contributed by atoms with E-state index in [2.05, 4.69) is 34.3 Å². The summed E-state index contributed by atoms with van der Waals surface area (Å²) in [6.45, 7) is 12.6. The third kappa shape index (κ3) is 4.65. The number of rotatable bonds is 5. The van der Waals surface area contributed by atoms with Crippen molar-refractivity contribution in [2.75, 3.05) is 24.5 Å². The van der Waals surface area contributed by atoms with E-state index in [1.807, 2.05) is 20.8 Å². The molecule has 0 spiro atoms. The third-order valence-electron chi connectivity index (χ3n) is 4.53. The number of carbonyl (C=O) groups excluding carboxylic acids is 1. The van der Waals surface area contributed by atoms with E-state index in [0.29, 0.717) is 12.5 Å². The Balaban J connectivity index is 1.99. The molecule has 0 radical (unpaired) electrons. The Morgan fingerprint density at radius 3 is 2.54 bits per heavy atom. The minimum absolute atomic E-state index is 0.109. The summed E-state index contributed by atoms with van der Waals surface area (Å²) in [6.07, 6.45) is 3.97. The van der Waals surface area contributed by atoms with Gasteiger partial charge in [0.2, 0.25) is 11.9 Å². The molecule has 2 heterocycles. The summed E-state index contributed by atoms with van der Waals surface area (Å²) in [4.78, 5) is 19.0. The number of aryl methyl sites for hydroxylation is 2. The van der Waals surface area contributed by atoms with Gasteiger partial charge in [0.1, 0.15) is 0 Å². The van der Waals surface area contributed by atoms with Crippen LogP contribution >= 0.6 is 0 Å². The van der Waals surface area contributed by atoms with Crippen LogP contribution < -0.4 is 10.2 Å². The van der Waals surface area contributed by atoms with Gasteiger partial charge >= 0.3 is 0 Å². The molecule has 24 heavy (non-hydrogen) atoms. The van der Waals surface area contributed by atoms with Gasteiger partial charge < -0.3 is 10.2 Å². The summed E-state index contributed by atoms with van der Waals surface area (Å²) in [7, 11) is 0. The quantitative estimate of drug-likeness (QED) is 0.896. The Labute approximate surface area is 145 Å². The molecule has 0 saturated carbocycles. The molecule has 1 saturated heterocycles. The Bertz CT molecular complexity index is 567. The normalized spacial score (nSPS) is 18.5. The Morgan fingerprint density at radius 1 is 1.21 bits per heavy atom. The first-order valence-corrected chi connectivity index (χ1v) is 9.10. The SMILES string of the molecule is CCc1nnc(N2CCCC(CNC(=O)C(C)(C)C)C2)nc1CC. The van der Waals surface area contributed by atoms with E-state index in [4.69, 9.17) is 4.98 Å². The van der Waals surface area contributed by atoms with Gasteiger partial charge in [0.05, 0.1) is 11.4 Å². The lowest BCUT2D eigenvalue weighted by molar-refractivity contribution is -0.128. The van der Waals surface area contributed by atoms with Crippen LogP contribution in [0.5, 0.6) is 0 Å². The van der Waals surface area contributed by atoms with Crippen LogP contribution in [0.15, 0.2) is 0 Å². The van der Waals surface area contributed by atoms with Crippen molar-refractivity contribution in [3.63, 3.8) is 0 Å². The van der Waals surface area contributed by atoms with Crippen LogP contribution in [0.25, 0.3) is 0 Å². The maximum atomic E-state index is 12.1. The molecule has 1 N–H and O–H groups in total. The van der Waals surface area contributed by atoms with E-state index in [1.54, 1.807) is 0 Å². The Morgan fingerprint density at radius 2 is 1.92 bits per heavy atom. The number of nitrogens with zero attached hydrogens (tertiary/aromatic N) is 4. The molecule has 0 aromatic carbocycles. The van der Waals surface area contributed by atoms with Crippen LogP contribution in [-0.2, 0) is 17.6 Å². The van der Waals surface area contributed by atoms with Gasteiger partial charge in [-0.25, -0.2) is 4.98 Å². The lowest BCUT2D eigenvalue weighted by Gasteiger charge is -2.33. The number of carbonyl (C=O) groups is 1. The maximum absolute atomic E-state index is 12.1. The molecule has 1 fully saturated rings. The average Bonchev–Trinajstić information content (AvgIpc) is 2.58. The predicted molar refractivity (Wildman–Crippen MR) is 96.0 cm³/mol. The minimum Gasteiger partial charge on any atom is -0.355 e. The van der Waals surface area contributed by atoms with Crippen molar-refractivity contribution < 1.29 is 4.79 Å². The largest absolute Gasteiger partial charge is 0.355 e. The molecule has 1 aromatic heterocycles. The minimum atomic E-state index is -0.340. The van der Waals surface area contributed by atoms with Crippen molar-refractivity contribution in [1.29, 1.82) is 0 Å². The molecule has 1 aliphatic rings. The summed E-state index contributed by atoms with van der Waals surface area (Å²) in [5.74, 6) is 1.28. The van der Waals surface area contributed by atoms with E-state index in [9.17, 15) is 4.79 Å². The van der Waals surface area contributed by atoms with Gasteiger partial charge in [-0.3, -0.25) is 4.79 Å². The van der Waals surface area contributed by atoms with Crippen molar-refractivity contribution in [3.8, 4) is 0 Å². The predicted octanol–water partition coefficient (Wildman–Crippen LogP) is 2.38. The van der Waals surface area contributed by atoms with Gasteiger partial charge in [0, 0.05) is 25.0 Å². The monoisotopic (exact) mass is 333 g/mol. The Kier molecular flexibility index (Phi) is 6.13. The van der Waals surface area contributed by atoms with Gasteiger partial charge in [-0.15, -0.1) is 5.10 Å². The molecular weight excluding hydrogens is 302 g/mol. The van der Waals surface area contributed by atoms with Crippen LogP contribution in [0.4, 0.5) is 5.95 Å². The number of hydrogen-bond acceptors (Lipinski definition) is 5. The fraction of sp³-hybridized carbons (Fsp3) is 0.778. The fourth-order valence-electron chi connectivity index (χ4n) is 2.98. The molecule has 2 rings (SSSR count). The van der Waals surface area contributed by atoms with Crippen molar-refractivity contribution in [2.24, 2.45) is 11.3 Å². The van der Waals surface area contributed by atoms with E-state index < -0.39 is 0 Å². The van der Waals surface area contributed by atoms with Gasteiger partial charge in [-0.1, -0.05) is 34.6 Å². The topological polar surface area (TPSA) is 71.0 Å². The highest BCUT2D eigenvalue weighted by molar-refractivity contribution is 5.81. The van der Waals surface area contributed by atoms with Gasteiger partial charge in [-0.2, -0.15) is 5.10 Å². The molecule has 1 aromatic rings. The first kappa shape index (κ1) is 18.6. The zero-order valence-electron chi connectivity index (χ0n) is 15.7. The van der Waals surface area contributed by atoms with Crippen molar-refractivity contribution >= 4 is 11.9 Å². The molecular formula is C18H31N5O. The first-order chi connectivity index (χ1) is 11.3. The lowest BCUT2D eigenvalue weighted by atomic mass is 9.94. The van der Waals surface area contributed by atoms with Crippen molar-refractivity contribution in [3.05, 3.63) is 11.4 Å². The summed E-state index contributed by atoms with van der Waals surface area (Å²) in [6, 6.07) is 0. The lowest BCUT2D eigenvalue weighted by Crippen LogP contribution is -2.44. The summed E-state index contributed by atoms with van der Waals surface area (Å²) < 4.78 is 0. The standard InChI is InChI=1S/C18H31N5O/c1-6-14-15(7-2)21-22-17(20-14)23-10-8-9-13(12-23)11-19-16(24)18(3,4)5/h13H,6-12H2,1-5H3,(H,19,24). The van der Waals surface area contributed by atoms with Gasteiger partial charge in [-0.05, 0) is 31.6 Å². The molecule has 1 amide bonds. The van der Waals surface area contributed by atoms with Crippen LogP contribution in [0.3, 0.4) is 0 Å². The molecule has 1 atom stereocenters. The number of hydrogen-bond donors (Lipinski definition) is 1. The molecule has 6 heteroatoms. The van der Waals surface area contributed by atoms with Crippen molar-refractivity contribution in [1.82, 2.24) is 20.5 Å². The summed E-state index contributed by atoms with van der Waals surface area (Å²) in [5.41, 5.74) is 1.70. The highest BCUT2D eigenvalue weighted by Gasteiger charge is 2.25. The highest BCUT2D eigenvalue weighted by atomic mass is 16.2. The molecule has 134 valence electrons. The van der Waals surface area contributed by atoms with Gasteiger partial charge in [0.15, 0.2) is 0 Å². The zero-order valence-corrected chi connectivity index (χ0v) is 15.7. The van der Waals surface area contributed by atoms with E-state index in [0.717, 1.165) is 56.1 Å². The molecule has 0 aliphatic carbocycles. The number of nitrogens with one attached hydrogen (secondary N) is 1.